The van der Waals surface area contributed by atoms with Crippen LogP contribution in [0.15, 0.2) is 54.9 Å². The summed E-state index contributed by atoms with van der Waals surface area (Å²) in [6.07, 6.45) is 4.35. The van der Waals surface area contributed by atoms with Gasteiger partial charge in [0.15, 0.2) is 5.82 Å². The monoisotopic (exact) mass is 391 g/mol. The van der Waals surface area contributed by atoms with Crippen molar-refractivity contribution in [2.75, 3.05) is 5.32 Å². The van der Waals surface area contributed by atoms with Gasteiger partial charge in [-0.1, -0.05) is 19.1 Å². The van der Waals surface area contributed by atoms with E-state index in [2.05, 4.69) is 23.3 Å². The molecule has 0 atom stereocenters. The van der Waals surface area contributed by atoms with Gasteiger partial charge in [-0.15, -0.1) is 11.3 Å². The number of hydrogen-bond donors (Lipinski definition) is 1. The first-order valence-corrected chi connectivity index (χ1v) is 9.63. The highest BCUT2D eigenvalue weighted by Crippen LogP contribution is 2.32. The fourth-order valence-electron chi connectivity index (χ4n) is 2.88. The molecular weight excluding hydrogens is 374 g/mol. The number of aromatic nitrogens is 3. The van der Waals surface area contributed by atoms with Crippen LogP contribution in [0.3, 0.4) is 0 Å². The maximum Gasteiger partial charge on any atom is 0.269 e. The van der Waals surface area contributed by atoms with Gasteiger partial charge in [-0.05, 0) is 30.2 Å². The van der Waals surface area contributed by atoms with E-state index in [1.807, 2.05) is 18.2 Å². The first-order chi connectivity index (χ1) is 13.6. The number of nitrogens with one attached hydrogen (secondary N) is 1. The van der Waals surface area contributed by atoms with Gasteiger partial charge in [0.1, 0.15) is 10.6 Å². The number of benzene rings is 1. The number of aryl methyl sites for hydroxylation is 1. The summed E-state index contributed by atoms with van der Waals surface area (Å²) in [5.74, 6) is 1.35. The average Bonchev–Trinajstić information content (AvgIpc) is 3.16. The van der Waals surface area contributed by atoms with Crippen LogP contribution in [0.2, 0.25) is 0 Å². The van der Waals surface area contributed by atoms with Gasteiger partial charge >= 0.3 is 0 Å². The van der Waals surface area contributed by atoms with E-state index < -0.39 is 0 Å². The van der Waals surface area contributed by atoms with E-state index in [0.717, 1.165) is 33.6 Å². The van der Waals surface area contributed by atoms with Crippen molar-refractivity contribution in [1.29, 1.82) is 0 Å². The second-order valence-electron chi connectivity index (χ2n) is 6.20. The summed E-state index contributed by atoms with van der Waals surface area (Å²) in [4.78, 5) is 26.2. The molecule has 0 radical (unpaired) electrons. The maximum atomic E-state index is 11.0. The molecule has 28 heavy (non-hydrogen) atoms. The highest BCUT2D eigenvalue weighted by atomic mass is 32.1. The van der Waals surface area contributed by atoms with Crippen LogP contribution in [0.25, 0.3) is 21.6 Å². The largest absolute Gasteiger partial charge is 0.365 e. The normalized spacial score (nSPS) is 10.9. The molecule has 3 heterocycles. The molecule has 4 aromatic rings. The van der Waals surface area contributed by atoms with Crippen LogP contribution < -0.4 is 5.32 Å². The maximum absolute atomic E-state index is 11.0. The van der Waals surface area contributed by atoms with Gasteiger partial charge in [0.25, 0.3) is 5.69 Å². The Bertz CT molecular complexity index is 1140. The molecule has 4 rings (SSSR count). The van der Waals surface area contributed by atoms with Crippen molar-refractivity contribution in [3.05, 3.63) is 75.4 Å². The SMILES string of the molecule is CCc1cc2c(NCc3cccc([N+](=O)[O-])c3)nc(-c3ccncc3)nc2s1. The summed E-state index contributed by atoms with van der Waals surface area (Å²) in [5.41, 5.74) is 1.78. The predicted molar refractivity (Wildman–Crippen MR) is 110 cm³/mol. The van der Waals surface area contributed by atoms with Crippen molar-refractivity contribution in [3.8, 4) is 11.4 Å². The van der Waals surface area contributed by atoms with Crippen molar-refractivity contribution in [1.82, 2.24) is 15.0 Å². The summed E-state index contributed by atoms with van der Waals surface area (Å²) in [5, 5.41) is 15.3. The average molecular weight is 391 g/mol. The van der Waals surface area contributed by atoms with Crippen LogP contribution in [0.4, 0.5) is 11.5 Å². The molecule has 0 aliphatic heterocycles. The molecule has 1 aromatic carbocycles. The minimum atomic E-state index is -0.389. The summed E-state index contributed by atoms with van der Waals surface area (Å²) in [7, 11) is 0. The van der Waals surface area contributed by atoms with E-state index >= 15 is 0 Å². The molecule has 0 saturated carbocycles. The number of hydrogen-bond acceptors (Lipinski definition) is 7. The number of nitro groups is 1. The van der Waals surface area contributed by atoms with Crippen LogP contribution in [0, 0.1) is 10.1 Å². The van der Waals surface area contributed by atoms with E-state index in [1.165, 1.54) is 10.9 Å². The van der Waals surface area contributed by atoms with Crippen LogP contribution in [-0.2, 0) is 13.0 Å². The Morgan fingerprint density at radius 3 is 2.71 bits per heavy atom. The molecule has 0 amide bonds. The number of nitrogens with zero attached hydrogens (tertiary/aromatic N) is 4. The van der Waals surface area contributed by atoms with Crippen molar-refractivity contribution in [2.45, 2.75) is 19.9 Å². The minimum Gasteiger partial charge on any atom is -0.365 e. The quantitative estimate of drug-likeness (QED) is 0.373. The highest BCUT2D eigenvalue weighted by Gasteiger charge is 2.13. The van der Waals surface area contributed by atoms with Gasteiger partial charge in [-0.2, -0.15) is 0 Å². The smallest absolute Gasteiger partial charge is 0.269 e. The molecule has 140 valence electrons. The third kappa shape index (κ3) is 3.67. The Labute approximate surface area is 165 Å². The van der Waals surface area contributed by atoms with Gasteiger partial charge in [0, 0.05) is 41.5 Å². The van der Waals surface area contributed by atoms with Gasteiger partial charge in [-0.3, -0.25) is 15.1 Å². The molecule has 0 bridgehead atoms. The topological polar surface area (TPSA) is 93.8 Å². The zero-order valence-corrected chi connectivity index (χ0v) is 15.9. The number of thiophene rings is 1. The number of pyridine rings is 1. The first kappa shape index (κ1) is 18.0. The second kappa shape index (κ2) is 7.69. The zero-order valence-electron chi connectivity index (χ0n) is 15.1. The highest BCUT2D eigenvalue weighted by molar-refractivity contribution is 7.18. The predicted octanol–water partition coefficient (Wildman–Crippen LogP) is 4.84. The Morgan fingerprint density at radius 1 is 1.14 bits per heavy atom. The summed E-state index contributed by atoms with van der Waals surface area (Å²) in [6.45, 7) is 2.54. The number of rotatable bonds is 6. The fourth-order valence-corrected chi connectivity index (χ4v) is 3.84. The molecule has 7 nitrogen and oxygen atoms in total. The van der Waals surface area contributed by atoms with Crippen LogP contribution >= 0.6 is 11.3 Å². The molecular formula is C20H17N5O2S. The lowest BCUT2D eigenvalue weighted by Gasteiger charge is -2.09. The Kier molecular flexibility index (Phi) is 4.94. The zero-order chi connectivity index (χ0) is 19.5. The Morgan fingerprint density at radius 2 is 1.96 bits per heavy atom. The van der Waals surface area contributed by atoms with E-state index in [4.69, 9.17) is 9.97 Å². The standard InChI is InChI=1S/C20H17N5O2S/c1-2-16-11-17-19(22-12-13-4-3-5-15(10-13)25(26)27)23-18(24-20(17)28-16)14-6-8-21-9-7-14/h3-11H,2,12H2,1H3,(H,22,23,24). The van der Waals surface area contributed by atoms with Gasteiger partial charge in [0.2, 0.25) is 0 Å². The molecule has 0 fully saturated rings. The molecule has 0 unspecified atom stereocenters. The van der Waals surface area contributed by atoms with Gasteiger partial charge in [-0.25, -0.2) is 9.97 Å². The van der Waals surface area contributed by atoms with Gasteiger partial charge < -0.3 is 5.32 Å². The van der Waals surface area contributed by atoms with E-state index in [1.54, 1.807) is 35.9 Å². The Balaban J connectivity index is 1.71. The van der Waals surface area contributed by atoms with Crippen molar-refractivity contribution in [2.24, 2.45) is 0 Å². The van der Waals surface area contributed by atoms with E-state index in [-0.39, 0.29) is 10.6 Å². The van der Waals surface area contributed by atoms with E-state index in [9.17, 15) is 10.1 Å². The number of fused-ring (bicyclic) bond motifs is 1. The summed E-state index contributed by atoms with van der Waals surface area (Å²) in [6, 6.07) is 12.5. The van der Waals surface area contributed by atoms with Crippen LogP contribution in [-0.4, -0.2) is 19.9 Å². The molecule has 0 aliphatic carbocycles. The lowest BCUT2D eigenvalue weighted by atomic mass is 10.2. The molecule has 0 aliphatic rings. The third-order valence-corrected chi connectivity index (χ3v) is 5.49. The molecule has 1 N–H and O–H groups in total. The summed E-state index contributed by atoms with van der Waals surface area (Å²) < 4.78 is 0. The number of non-ortho nitro benzene ring substituents is 1. The molecule has 8 heteroatoms. The minimum absolute atomic E-state index is 0.0772. The van der Waals surface area contributed by atoms with Crippen LogP contribution in [0.5, 0.6) is 0 Å². The van der Waals surface area contributed by atoms with E-state index in [0.29, 0.717) is 12.4 Å². The summed E-state index contributed by atoms with van der Waals surface area (Å²) >= 11 is 1.65. The molecule has 0 saturated heterocycles. The Hall–Kier alpha value is -3.39. The van der Waals surface area contributed by atoms with Crippen molar-refractivity contribution < 1.29 is 4.92 Å². The number of anilines is 1. The van der Waals surface area contributed by atoms with Crippen molar-refractivity contribution in [3.63, 3.8) is 0 Å². The lowest BCUT2D eigenvalue weighted by molar-refractivity contribution is -0.384. The lowest BCUT2D eigenvalue weighted by Crippen LogP contribution is -2.04. The second-order valence-corrected chi connectivity index (χ2v) is 7.31. The molecule has 3 aromatic heterocycles. The number of nitro benzene ring substituents is 1. The fraction of sp³-hybridized carbons (Fsp3) is 0.150. The van der Waals surface area contributed by atoms with Crippen LogP contribution in [0.1, 0.15) is 17.4 Å². The third-order valence-electron chi connectivity index (χ3n) is 4.31. The first-order valence-electron chi connectivity index (χ1n) is 8.82. The van der Waals surface area contributed by atoms with Crippen molar-refractivity contribution >= 4 is 33.1 Å². The van der Waals surface area contributed by atoms with Gasteiger partial charge in [0.05, 0.1) is 10.3 Å². The molecule has 0 spiro atoms.